The number of aromatic amines is 2. The SMILES string of the molecule is Cc1c[nH]c2ncccc12.c1cnc2[nH]ccc2c1. The molecule has 94 valence electrons. The molecule has 4 heteroatoms. The summed E-state index contributed by atoms with van der Waals surface area (Å²) in [7, 11) is 0. The average molecular weight is 250 g/mol. The maximum atomic E-state index is 4.15. The van der Waals surface area contributed by atoms with Crippen LogP contribution in [0.25, 0.3) is 22.1 Å². The van der Waals surface area contributed by atoms with Crippen LogP contribution in [0.4, 0.5) is 0 Å². The first-order valence-electron chi connectivity index (χ1n) is 6.11. The molecule has 4 heterocycles. The lowest BCUT2D eigenvalue weighted by Gasteiger charge is -1.86. The molecule has 0 aliphatic heterocycles. The van der Waals surface area contributed by atoms with E-state index in [0.29, 0.717) is 0 Å². The van der Waals surface area contributed by atoms with Gasteiger partial charge in [0, 0.05) is 35.6 Å². The fraction of sp³-hybridized carbons (Fsp3) is 0.0667. The van der Waals surface area contributed by atoms with Gasteiger partial charge >= 0.3 is 0 Å². The molecular formula is C15H14N4. The molecule has 4 aromatic rings. The molecule has 0 amide bonds. The van der Waals surface area contributed by atoms with E-state index in [9.17, 15) is 0 Å². The van der Waals surface area contributed by atoms with Gasteiger partial charge in [-0.3, -0.25) is 0 Å². The number of hydrogen-bond donors (Lipinski definition) is 2. The van der Waals surface area contributed by atoms with Crippen molar-refractivity contribution in [2.24, 2.45) is 0 Å². The third-order valence-corrected chi connectivity index (χ3v) is 2.98. The summed E-state index contributed by atoms with van der Waals surface area (Å²) in [5, 5.41) is 2.38. The van der Waals surface area contributed by atoms with Gasteiger partial charge in [-0.2, -0.15) is 0 Å². The summed E-state index contributed by atoms with van der Waals surface area (Å²) in [6, 6.07) is 9.97. The number of aryl methyl sites for hydroxylation is 1. The number of aromatic nitrogens is 4. The summed E-state index contributed by atoms with van der Waals surface area (Å²) < 4.78 is 0. The lowest BCUT2D eigenvalue weighted by Crippen LogP contribution is -1.72. The molecule has 0 radical (unpaired) electrons. The fourth-order valence-electron chi connectivity index (χ4n) is 1.98. The highest BCUT2D eigenvalue weighted by Gasteiger charge is 1.95. The van der Waals surface area contributed by atoms with Crippen molar-refractivity contribution in [2.45, 2.75) is 6.92 Å². The van der Waals surface area contributed by atoms with Crippen molar-refractivity contribution in [3.63, 3.8) is 0 Å². The molecule has 0 fully saturated rings. The maximum absolute atomic E-state index is 4.15. The smallest absolute Gasteiger partial charge is 0.137 e. The van der Waals surface area contributed by atoms with Gasteiger partial charge in [0.2, 0.25) is 0 Å². The highest BCUT2D eigenvalue weighted by Crippen LogP contribution is 2.13. The van der Waals surface area contributed by atoms with E-state index in [1.807, 2.05) is 36.7 Å². The minimum Gasteiger partial charge on any atom is -0.346 e. The van der Waals surface area contributed by atoms with Gasteiger partial charge in [-0.05, 0) is 42.8 Å². The highest BCUT2D eigenvalue weighted by molar-refractivity contribution is 5.78. The van der Waals surface area contributed by atoms with Gasteiger partial charge in [0.05, 0.1) is 0 Å². The summed E-state index contributed by atoms with van der Waals surface area (Å²) in [6.07, 6.45) is 7.42. The Bertz CT molecular complexity index is 768. The van der Waals surface area contributed by atoms with Crippen LogP contribution < -0.4 is 0 Å². The summed E-state index contributed by atoms with van der Waals surface area (Å²) in [5.41, 5.74) is 3.18. The Hall–Kier alpha value is -2.62. The zero-order valence-electron chi connectivity index (χ0n) is 10.6. The second-order valence-electron chi connectivity index (χ2n) is 4.29. The Balaban J connectivity index is 0.000000117. The van der Waals surface area contributed by atoms with Crippen molar-refractivity contribution in [3.8, 4) is 0 Å². The van der Waals surface area contributed by atoms with Crippen molar-refractivity contribution in [3.05, 3.63) is 60.7 Å². The van der Waals surface area contributed by atoms with E-state index in [-0.39, 0.29) is 0 Å². The molecule has 0 aliphatic carbocycles. The number of nitrogens with one attached hydrogen (secondary N) is 2. The predicted octanol–water partition coefficient (Wildman–Crippen LogP) is 3.43. The summed E-state index contributed by atoms with van der Waals surface area (Å²) in [6.45, 7) is 2.07. The Morgan fingerprint density at radius 3 is 2.47 bits per heavy atom. The van der Waals surface area contributed by atoms with Gasteiger partial charge in [0.1, 0.15) is 11.3 Å². The maximum Gasteiger partial charge on any atom is 0.137 e. The average Bonchev–Trinajstić information content (AvgIpc) is 3.07. The normalized spacial score (nSPS) is 10.4. The molecule has 0 atom stereocenters. The van der Waals surface area contributed by atoms with E-state index < -0.39 is 0 Å². The molecule has 0 aromatic carbocycles. The number of rotatable bonds is 0. The summed E-state index contributed by atoms with van der Waals surface area (Å²) >= 11 is 0. The van der Waals surface area contributed by atoms with Crippen molar-refractivity contribution < 1.29 is 0 Å². The molecule has 0 saturated heterocycles. The number of pyridine rings is 2. The van der Waals surface area contributed by atoms with Crippen LogP contribution in [-0.2, 0) is 0 Å². The van der Waals surface area contributed by atoms with Gasteiger partial charge in [-0.15, -0.1) is 0 Å². The van der Waals surface area contributed by atoms with E-state index >= 15 is 0 Å². The van der Waals surface area contributed by atoms with E-state index in [0.717, 1.165) is 16.7 Å². The summed E-state index contributed by atoms with van der Waals surface area (Å²) in [5.74, 6) is 0. The number of H-pyrrole nitrogens is 2. The number of nitrogens with zero attached hydrogens (tertiary/aromatic N) is 2. The Labute approximate surface area is 110 Å². The molecular weight excluding hydrogens is 236 g/mol. The quantitative estimate of drug-likeness (QED) is 0.502. The van der Waals surface area contributed by atoms with E-state index in [1.54, 1.807) is 12.4 Å². The summed E-state index contributed by atoms with van der Waals surface area (Å²) in [4.78, 5) is 14.3. The highest BCUT2D eigenvalue weighted by atomic mass is 14.8. The van der Waals surface area contributed by atoms with Gasteiger partial charge < -0.3 is 9.97 Å². The first kappa shape index (κ1) is 11.5. The van der Waals surface area contributed by atoms with E-state index in [1.165, 1.54) is 10.9 Å². The van der Waals surface area contributed by atoms with Crippen molar-refractivity contribution in [1.82, 2.24) is 19.9 Å². The Morgan fingerprint density at radius 1 is 0.895 bits per heavy atom. The molecule has 19 heavy (non-hydrogen) atoms. The van der Waals surface area contributed by atoms with Crippen LogP contribution in [0.15, 0.2) is 55.1 Å². The Kier molecular flexibility index (Phi) is 2.98. The molecule has 0 spiro atoms. The molecule has 0 aliphatic rings. The van der Waals surface area contributed by atoms with Gasteiger partial charge in [-0.1, -0.05) is 0 Å². The number of hydrogen-bond acceptors (Lipinski definition) is 2. The third kappa shape index (κ3) is 2.33. The van der Waals surface area contributed by atoms with Crippen LogP contribution >= 0.6 is 0 Å². The lowest BCUT2D eigenvalue weighted by molar-refractivity contribution is 1.32. The third-order valence-electron chi connectivity index (χ3n) is 2.98. The van der Waals surface area contributed by atoms with Crippen LogP contribution in [-0.4, -0.2) is 19.9 Å². The van der Waals surface area contributed by atoms with Crippen LogP contribution in [0.2, 0.25) is 0 Å². The number of fused-ring (bicyclic) bond motifs is 2. The second kappa shape index (κ2) is 4.94. The molecule has 4 nitrogen and oxygen atoms in total. The molecule has 0 unspecified atom stereocenters. The first-order valence-corrected chi connectivity index (χ1v) is 6.11. The van der Waals surface area contributed by atoms with E-state index in [4.69, 9.17) is 0 Å². The fourth-order valence-corrected chi connectivity index (χ4v) is 1.98. The van der Waals surface area contributed by atoms with Gasteiger partial charge in [0.25, 0.3) is 0 Å². The largest absolute Gasteiger partial charge is 0.346 e. The van der Waals surface area contributed by atoms with Crippen LogP contribution in [0.3, 0.4) is 0 Å². The molecule has 0 bridgehead atoms. The molecule has 2 N–H and O–H groups in total. The van der Waals surface area contributed by atoms with Crippen LogP contribution in [0.1, 0.15) is 5.56 Å². The van der Waals surface area contributed by atoms with E-state index in [2.05, 4.69) is 32.9 Å². The molecule has 4 aromatic heterocycles. The zero-order valence-corrected chi connectivity index (χ0v) is 10.6. The van der Waals surface area contributed by atoms with Crippen molar-refractivity contribution in [2.75, 3.05) is 0 Å². The van der Waals surface area contributed by atoms with Crippen LogP contribution in [0, 0.1) is 6.92 Å². The Morgan fingerprint density at radius 2 is 1.68 bits per heavy atom. The minimum absolute atomic E-state index is 0.956. The predicted molar refractivity (Wildman–Crippen MR) is 76.9 cm³/mol. The molecule has 4 rings (SSSR count). The molecule has 0 saturated carbocycles. The monoisotopic (exact) mass is 250 g/mol. The van der Waals surface area contributed by atoms with Crippen molar-refractivity contribution in [1.29, 1.82) is 0 Å². The first-order chi connectivity index (χ1) is 9.34. The second-order valence-corrected chi connectivity index (χ2v) is 4.29. The standard InChI is InChI=1S/C8H8N2.C7H6N2/c1-6-5-10-8-7(6)3-2-4-9-8;1-2-6-3-5-9-7(6)8-4-1/h2-5H,1H3,(H,9,10);1-5H,(H,8,9). The van der Waals surface area contributed by atoms with Crippen molar-refractivity contribution >= 4 is 22.1 Å². The zero-order chi connectivity index (χ0) is 13.1. The van der Waals surface area contributed by atoms with Gasteiger partial charge in [-0.25, -0.2) is 9.97 Å². The van der Waals surface area contributed by atoms with Gasteiger partial charge in [0.15, 0.2) is 0 Å². The van der Waals surface area contributed by atoms with Crippen LogP contribution in [0.5, 0.6) is 0 Å². The lowest BCUT2D eigenvalue weighted by atomic mass is 10.2. The minimum atomic E-state index is 0.956. The topological polar surface area (TPSA) is 57.4 Å².